The number of nitrogens with one attached hydrogen (secondary N) is 1. The number of amides is 2. The summed E-state index contributed by atoms with van der Waals surface area (Å²) in [5.74, 6) is -2.14. The van der Waals surface area contributed by atoms with Gasteiger partial charge in [0, 0.05) is 15.7 Å². The zero-order valence-electron chi connectivity index (χ0n) is 12.1. The van der Waals surface area contributed by atoms with Gasteiger partial charge < -0.3 is 5.32 Å². The number of carbonyl (C=O) groups excluding carboxylic acids is 2. The van der Waals surface area contributed by atoms with E-state index in [0.29, 0.717) is 15.7 Å². The molecule has 2 amide bonds. The van der Waals surface area contributed by atoms with Gasteiger partial charge in [-0.3, -0.25) is 9.59 Å². The third-order valence-corrected chi connectivity index (χ3v) is 4.40. The molecule has 9 heteroatoms. The molecule has 1 aliphatic rings. The molecule has 0 atom stereocenters. The van der Waals surface area contributed by atoms with E-state index in [2.05, 4.69) is 5.32 Å². The first-order chi connectivity index (χ1) is 11.8. The van der Waals surface area contributed by atoms with Gasteiger partial charge >= 0.3 is 0 Å². The van der Waals surface area contributed by atoms with Gasteiger partial charge in [-0.2, -0.15) is 0 Å². The largest absolute Gasteiger partial charge is 0.350 e. The van der Waals surface area contributed by atoms with Crippen molar-refractivity contribution in [2.24, 2.45) is 0 Å². The molecule has 2 aromatic rings. The Morgan fingerprint density at radius 2 is 1.52 bits per heavy atom. The molecule has 1 aliphatic heterocycles. The van der Waals surface area contributed by atoms with Crippen LogP contribution in [0.1, 0.15) is 0 Å². The molecule has 2 aromatic carbocycles. The number of carbonyl (C=O) groups is 2. The molecule has 0 radical (unpaired) electrons. The lowest BCUT2D eigenvalue weighted by atomic mass is 10.2. The van der Waals surface area contributed by atoms with Gasteiger partial charge in [0.25, 0.3) is 11.8 Å². The van der Waals surface area contributed by atoms with E-state index in [1.165, 1.54) is 24.3 Å². The van der Waals surface area contributed by atoms with Crippen molar-refractivity contribution in [1.82, 2.24) is 0 Å². The van der Waals surface area contributed by atoms with Gasteiger partial charge in [-0.1, -0.05) is 46.4 Å². The fraction of sp³-hybridized carbons (Fsp3) is 0. The van der Waals surface area contributed by atoms with Crippen LogP contribution in [0.5, 0.6) is 0 Å². The standard InChI is InChI=1S/C16H7Cl4FN2O2/c17-7-3-8(18)5-9(4-7)22-14-13(20)15(24)23(16(14)25)10-1-2-12(21)11(19)6-10/h1-6,22H. The van der Waals surface area contributed by atoms with Gasteiger partial charge in [-0.15, -0.1) is 0 Å². The summed E-state index contributed by atoms with van der Waals surface area (Å²) in [5, 5.41) is 2.87. The lowest BCUT2D eigenvalue weighted by molar-refractivity contribution is -0.120. The van der Waals surface area contributed by atoms with Crippen molar-refractivity contribution in [1.29, 1.82) is 0 Å². The summed E-state index contributed by atoms with van der Waals surface area (Å²) in [4.78, 5) is 25.7. The van der Waals surface area contributed by atoms with Crippen LogP contribution in [0.4, 0.5) is 15.8 Å². The molecule has 0 aliphatic carbocycles. The number of benzene rings is 2. The number of anilines is 2. The lowest BCUT2D eigenvalue weighted by Gasteiger charge is -2.15. The normalized spacial score (nSPS) is 14.5. The lowest BCUT2D eigenvalue weighted by Crippen LogP contribution is -2.32. The average Bonchev–Trinajstić information content (AvgIpc) is 2.73. The van der Waals surface area contributed by atoms with Crippen LogP contribution >= 0.6 is 46.4 Å². The second kappa shape index (κ2) is 6.84. The molecule has 25 heavy (non-hydrogen) atoms. The van der Waals surface area contributed by atoms with Gasteiger partial charge in [-0.05, 0) is 36.4 Å². The van der Waals surface area contributed by atoms with Crippen LogP contribution < -0.4 is 10.2 Å². The fourth-order valence-corrected chi connectivity index (χ4v) is 3.15. The molecular formula is C16H7Cl4FN2O2. The van der Waals surface area contributed by atoms with E-state index in [1.807, 2.05) is 0 Å². The molecule has 1 heterocycles. The van der Waals surface area contributed by atoms with Crippen molar-refractivity contribution >= 4 is 69.6 Å². The molecule has 0 saturated carbocycles. The quantitative estimate of drug-likeness (QED) is 0.693. The Kier molecular flexibility index (Phi) is 4.93. The van der Waals surface area contributed by atoms with Gasteiger partial charge in [0.2, 0.25) is 0 Å². The summed E-state index contributed by atoms with van der Waals surface area (Å²) in [5.41, 5.74) is 0.330. The molecule has 0 spiro atoms. The summed E-state index contributed by atoms with van der Waals surface area (Å²) < 4.78 is 13.3. The molecule has 0 aromatic heterocycles. The Bertz CT molecular complexity index is 925. The summed E-state index contributed by atoms with van der Waals surface area (Å²) in [6, 6.07) is 8.00. The van der Waals surface area contributed by atoms with E-state index in [-0.39, 0.29) is 21.4 Å². The van der Waals surface area contributed by atoms with Crippen molar-refractivity contribution in [3.8, 4) is 0 Å². The molecular weight excluding hydrogens is 413 g/mol. The van der Waals surface area contributed by atoms with Crippen LogP contribution in [0, 0.1) is 5.82 Å². The minimum atomic E-state index is -0.759. The summed E-state index contributed by atoms with van der Waals surface area (Å²) in [6.07, 6.45) is 0. The highest BCUT2D eigenvalue weighted by atomic mass is 35.5. The summed E-state index contributed by atoms with van der Waals surface area (Å²) in [6.45, 7) is 0. The second-order valence-corrected chi connectivity index (χ2v) is 6.67. The van der Waals surface area contributed by atoms with Crippen molar-refractivity contribution in [3.63, 3.8) is 0 Å². The Morgan fingerprint density at radius 1 is 0.880 bits per heavy atom. The summed E-state index contributed by atoms with van der Waals surface area (Å²) in [7, 11) is 0. The molecule has 0 unspecified atom stereocenters. The molecule has 4 nitrogen and oxygen atoms in total. The van der Waals surface area contributed by atoms with Crippen molar-refractivity contribution in [3.05, 3.63) is 68.0 Å². The van der Waals surface area contributed by atoms with Crippen molar-refractivity contribution in [2.75, 3.05) is 10.2 Å². The van der Waals surface area contributed by atoms with Crippen LogP contribution in [0.25, 0.3) is 0 Å². The van der Waals surface area contributed by atoms with Crippen LogP contribution in [0.3, 0.4) is 0 Å². The fourth-order valence-electron chi connectivity index (χ4n) is 2.24. The van der Waals surface area contributed by atoms with Crippen LogP contribution in [-0.2, 0) is 9.59 Å². The summed E-state index contributed by atoms with van der Waals surface area (Å²) >= 11 is 23.5. The zero-order chi connectivity index (χ0) is 18.3. The zero-order valence-corrected chi connectivity index (χ0v) is 15.1. The average molecular weight is 420 g/mol. The van der Waals surface area contributed by atoms with Crippen LogP contribution in [-0.4, -0.2) is 11.8 Å². The number of nitrogens with zero attached hydrogens (tertiary/aromatic N) is 1. The third-order valence-electron chi connectivity index (χ3n) is 3.32. The first-order valence-corrected chi connectivity index (χ1v) is 8.26. The van der Waals surface area contributed by atoms with Crippen molar-refractivity contribution < 1.29 is 14.0 Å². The number of rotatable bonds is 3. The van der Waals surface area contributed by atoms with Crippen LogP contribution in [0.15, 0.2) is 47.1 Å². The van der Waals surface area contributed by atoms with Crippen LogP contribution in [0.2, 0.25) is 15.1 Å². The highest BCUT2D eigenvalue weighted by Gasteiger charge is 2.39. The number of hydrogen-bond acceptors (Lipinski definition) is 3. The predicted octanol–water partition coefficient (Wildman–Crippen LogP) is 5.22. The highest BCUT2D eigenvalue weighted by Crippen LogP contribution is 2.33. The maximum atomic E-state index is 13.3. The Hall–Kier alpha value is -1.79. The number of halogens is 5. The monoisotopic (exact) mass is 418 g/mol. The molecule has 128 valence electrons. The van der Waals surface area contributed by atoms with E-state index in [1.54, 1.807) is 0 Å². The van der Waals surface area contributed by atoms with Gasteiger partial charge in [-0.25, -0.2) is 9.29 Å². The smallest absolute Gasteiger partial charge is 0.283 e. The van der Waals surface area contributed by atoms with E-state index in [4.69, 9.17) is 46.4 Å². The van der Waals surface area contributed by atoms with Gasteiger partial charge in [0.1, 0.15) is 16.5 Å². The van der Waals surface area contributed by atoms with Gasteiger partial charge in [0.05, 0.1) is 10.7 Å². The minimum Gasteiger partial charge on any atom is -0.350 e. The van der Waals surface area contributed by atoms with E-state index in [0.717, 1.165) is 17.0 Å². The highest BCUT2D eigenvalue weighted by molar-refractivity contribution is 6.53. The molecule has 3 rings (SSSR count). The maximum absolute atomic E-state index is 13.3. The Balaban J connectivity index is 1.95. The number of hydrogen-bond donors (Lipinski definition) is 1. The van der Waals surface area contributed by atoms with E-state index in [9.17, 15) is 14.0 Å². The molecule has 0 fully saturated rings. The van der Waals surface area contributed by atoms with Crippen molar-refractivity contribution in [2.45, 2.75) is 0 Å². The Morgan fingerprint density at radius 3 is 2.12 bits per heavy atom. The van der Waals surface area contributed by atoms with E-state index < -0.39 is 17.6 Å². The third kappa shape index (κ3) is 3.46. The Labute approximate surface area is 161 Å². The first kappa shape index (κ1) is 18.0. The molecule has 0 bridgehead atoms. The minimum absolute atomic E-state index is 0.0977. The SMILES string of the molecule is O=C1C(Cl)=C(Nc2cc(Cl)cc(Cl)c2)C(=O)N1c1ccc(F)c(Cl)c1. The van der Waals surface area contributed by atoms with Gasteiger partial charge in [0.15, 0.2) is 0 Å². The van der Waals surface area contributed by atoms with E-state index >= 15 is 0 Å². The topological polar surface area (TPSA) is 49.4 Å². The molecule has 1 N–H and O–H groups in total. The molecule has 0 saturated heterocycles. The second-order valence-electron chi connectivity index (χ2n) is 5.02. The predicted molar refractivity (Wildman–Crippen MR) is 96.9 cm³/mol. The first-order valence-electron chi connectivity index (χ1n) is 6.74. The number of imide groups is 1. The maximum Gasteiger partial charge on any atom is 0.283 e.